The minimum atomic E-state index is -0.308. The highest BCUT2D eigenvalue weighted by molar-refractivity contribution is 5.92. The van der Waals surface area contributed by atoms with Crippen LogP contribution in [0, 0.1) is 5.92 Å². The average Bonchev–Trinajstić information content (AvgIpc) is 2.41. The van der Waals surface area contributed by atoms with Crippen LogP contribution in [-0.2, 0) is 9.59 Å². The fourth-order valence-corrected chi connectivity index (χ4v) is 2.21. The maximum Gasteiger partial charge on any atom is 0.271 e. The lowest BCUT2D eigenvalue weighted by Crippen LogP contribution is -2.40. The van der Waals surface area contributed by atoms with Gasteiger partial charge in [0.15, 0.2) is 0 Å². The van der Waals surface area contributed by atoms with Gasteiger partial charge in [0.05, 0.1) is 0 Å². The number of piperidine rings is 1. The third-order valence-electron chi connectivity index (χ3n) is 3.39. The number of nitrogens with one attached hydrogen (secondary N) is 2. The predicted molar refractivity (Wildman–Crippen MR) is 70.7 cm³/mol. The first-order valence-corrected chi connectivity index (χ1v) is 6.32. The van der Waals surface area contributed by atoms with Crippen molar-refractivity contribution in [1.82, 2.24) is 9.88 Å². The van der Waals surface area contributed by atoms with Gasteiger partial charge in [0, 0.05) is 32.1 Å². The highest BCUT2D eigenvalue weighted by atomic mass is 16.2. The molecule has 2 heterocycles. The molecule has 6 heteroatoms. The van der Waals surface area contributed by atoms with E-state index in [1.54, 1.807) is 17.0 Å². The SMILES string of the molecule is CC(=O)N1CCC(C(=O)Nc2ccc[nH]c2=O)CC1. The topological polar surface area (TPSA) is 82.3 Å². The van der Waals surface area contributed by atoms with Crippen LogP contribution in [0.4, 0.5) is 5.69 Å². The first-order chi connectivity index (χ1) is 9.08. The normalized spacial score (nSPS) is 16.2. The molecule has 0 atom stereocenters. The molecule has 1 fully saturated rings. The lowest BCUT2D eigenvalue weighted by Gasteiger charge is -2.30. The van der Waals surface area contributed by atoms with Crippen LogP contribution in [0.15, 0.2) is 23.1 Å². The molecule has 0 saturated carbocycles. The van der Waals surface area contributed by atoms with Crippen molar-refractivity contribution in [1.29, 1.82) is 0 Å². The Labute approximate surface area is 110 Å². The summed E-state index contributed by atoms with van der Waals surface area (Å²) >= 11 is 0. The van der Waals surface area contributed by atoms with Gasteiger partial charge in [-0.3, -0.25) is 14.4 Å². The fourth-order valence-electron chi connectivity index (χ4n) is 2.21. The monoisotopic (exact) mass is 263 g/mol. The smallest absolute Gasteiger partial charge is 0.271 e. The summed E-state index contributed by atoms with van der Waals surface area (Å²) in [6.07, 6.45) is 2.79. The van der Waals surface area contributed by atoms with Gasteiger partial charge in [-0.1, -0.05) is 0 Å². The zero-order chi connectivity index (χ0) is 13.8. The Hall–Kier alpha value is -2.11. The molecule has 1 aliphatic rings. The Morgan fingerprint density at radius 2 is 2.05 bits per heavy atom. The molecule has 0 aliphatic carbocycles. The molecule has 19 heavy (non-hydrogen) atoms. The molecule has 2 rings (SSSR count). The molecule has 1 aliphatic heterocycles. The van der Waals surface area contributed by atoms with Crippen LogP contribution in [0.25, 0.3) is 0 Å². The summed E-state index contributed by atoms with van der Waals surface area (Å²) in [6.45, 7) is 2.72. The fraction of sp³-hybridized carbons (Fsp3) is 0.462. The molecular weight excluding hydrogens is 246 g/mol. The Balaban J connectivity index is 1.94. The van der Waals surface area contributed by atoms with Crippen LogP contribution >= 0.6 is 0 Å². The van der Waals surface area contributed by atoms with Crippen molar-refractivity contribution in [2.75, 3.05) is 18.4 Å². The van der Waals surface area contributed by atoms with Crippen LogP contribution in [0.3, 0.4) is 0 Å². The summed E-state index contributed by atoms with van der Waals surface area (Å²) in [6, 6.07) is 3.23. The first-order valence-electron chi connectivity index (χ1n) is 6.32. The van der Waals surface area contributed by atoms with E-state index in [0.29, 0.717) is 25.9 Å². The minimum absolute atomic E-state index is 0.0401. The Kier molecular flexibility index (Phi) is 3.99. The summed E-state index contributed by atoms with van der Waals surface area (Å²) in [5.41, 5.74) is -0.0430. The third kappa shape index (κ3) is 3.21. The quantitative estimate of drug-likeness (QED) is 0.818. The summed E-state index contributed by atoms with van der Waals surface area (Å²) in [5.74, 6) is -0.256. The highest BCUT2D eigenvalue weighted by Gasteiger charge is 2.26. The van der Waals surface area contributed by atoms with Crippen LogP contribution in [0.2, 0.25) is 0 Å². The van der Waals surface area contributed by atoms with Crippen LogP contribution in [0.5, 0.6) is 0 Å². The van der Waals surface area contributed by atoms with Crippen molar-refractivity contribution in [3.05, 3.63) is 28.7 Å². The summed E-state index contributed by atoms with van der Waals surface area (Å²) < 4.78 is 0. The van der Waals surface area contributed by atoms with Gasteiger partial charge in [-0.2, -0.15) is 0 Å². The number of likely N-dealkylation sites (tertiary alicyclic amines) is 1. The van der Waals surface area contributed by atoms with Gasteiger partial charge in [-0.25, -0.2) is 0 Å². The second kappa shape index (κ2) is 5.69. The summed E-state index contributed by atoms with van der Waals surface area (Å²) in [4.78, 5) is 38.9. The first kappa shape index (κ1) is 13.3. The molecule has 0 bridgehead atoms. The molecule has 0 radical (unpaired) electrons. The minimum Gasteiger partial charge on any atom is -0.343 e. The van der Waals surface area contributed by atoms with E-state index < -0.39 is 0 Å². The number of hydrogen-bond donors (Lipinski definition) is 2. The van der Waals surface area contributed by atoms with Gasteiger partial charge in [0.1, 0.15) is 5.69 Å². The van der Waals surface area contributed by atoms with E-state index in [1.165, 1.54) is 13.1 Å². The van der Waals surface area contributed by atoms with Crippen molar-refractivity contribution >= 4 is 17.5 Å². The average molecular weight is 263 g/mol. The second-order valence-electron chi connectivity index (χ2n) is 4.68. The number of nitrogens with zero attached hydrogens (tertiary/aromatic N) is 1. The highest BCUT2D eigenvalue weighted by Crippen LogP contribution is 2.18. The predicted octanol–water partition coefficient (Wildman–Crippen LogP) is 0.572. The number of rotatable bonds is 2. The van der Waals surface area contributed by atoms with Crippen LogP contribution < -0.4 is 10.9 Å². The number of carbonyl (C=O) groups is 2. The lowest BCUT2D eigenvalue weighted by molar-refractivity contribution is -0.132. The molecule has 1 aromatic rings. The molecule has 1 aromatic heterocycles. The number of hydrogen-bond acceptors (Lipinski definition) is 3. The number of H-pyrrole nitrogens is 1. The Morgan fingerprint density at radius 3 is 2.63 bits per heavy atom. The molecule has 0 unspecified atom stereocenters. The number of anilines is 1. The van der Waals surface area contributed by atoms with Gasteiger partial charge >= 0.3 is 0 Å². The molecule has 2 N–H and O–H groups in total. The van der Waals surface area contributed by atoms with E-state index in [2.05, 4.69) is 10.3 Å². The van der Waals surface area contributed by atoms with Crippen molar-refractivity contribution in [2.45, 2.75) is 19.8 Å². The van der Waals surface area contributed by atoms with Crippen LogP contribution in [0.1, 0.15) is 19.8 Å². The Morgan fingerprint density at radius 1 is 1.37 bits per heavy atom. The molecule has 0 aromatic carbocycles. The van der Waals surface area contributed by atoms with Gasteiger partial charge in [0.25, 0.3) is 5.56 Å². The Bertz CT molecular complexity index is 530. The van der Waals surface area contributed by atoms with E-state index in [0.717, 1.165) is 0 Å². The molecule has 6 nitrogen and oxygen atoms in total. The van der Waals surface area contributed by atoms with Crippen molar-refractivity contribution < 1.29 is 9.59 Å². The standard InChI is InChI=1S/C13H17N3O3/c1-9(17)16-7-4-10(5-8-16)12(18)15-11-3-2-6-14-13(11)19/h2-3,6,10H,4-5,7-8H2,1H3,(H,14,19)(H,15,18). The third-order valence-corrected chi connectivity index (χ3v) is 3.39. The van der Waals surface area contributed by atoms with Gasteiger partial charge < -0.3 is 15.2 Å². The van der Waals surface area contributed by atoms with Crippen molar-refractivity contribution in [3.63, 3.8) is 0 Å². The van der Waals surface area contributed by atoms with E-state index in [4.69, 9.17) is 0 Å². The maximum atomic E-state index is 12.0. The zero-order valence-corrected chi connectivity index (χ0v) is 10.8. The van der Waals surface area contributed by atoms with Crippen molar-refractivity contribution in [2.24, 2.45) is 5.92 Å². The van der Waals surface area contributed by atoms with E-state index in [9.17, 15) is 14.4 Å². The number of pyridine rings is 1. The summed E-state index contributed by atoms with van der Waals surface area (Å²) in [5, 5.41) is 2.64. The molecule has 0 spiro atoms. The number of aromatic nitrogens is 1. The van der Waals surface area contributed by atoms with Gasteiger partial charge in [-0.15, -0.1) is 0 Å². The molecular formula is C13H17N3O3. The van der Waals surface area contributed by atoms with Crippen molar-refractivity contribution in [3.8, 4) is 0 Å². The number of amides is 2. The molecule has 1 saturated heterocycles. The van der Waals surface area contributed by atoms with E-state index in [-0.39, 0.29) is 29.0 Å². The van der Waals surface area contributed by atoms with E-state index >= 15 is 0 Å². The molecule has 2 amide bonds. The molecule has 102 valence electrons. The summed E-state index contributed by atoms with van der Waals surface area (Å²) in [7, 11) is 0. The maximum absolute atomic E-state index is 12.0. The largest absolute Gasteiger partial charge is 0.343 e. The number of carbonyl (C=O) groups excluding carboxylic acids is 2. The zero-order valence-electron chi connectivity index (χ0n) is 10.8. The van der Waals surface area contributed by atoms with Gasteiger partial charge in [0.2, 0.25) is 11.8 Å². The van der Waals surface area contributed by atoms with E-state index in [1.807, 2.05) is 0 Å². The van der Waals surface area contributed by atoms with Crippen LogP contribution in [-0.4, -0.2) is 34.8 Å². The number of aromatic amines is 1. The lowest BCUT2D eigenvalue weighted by atomic mass is 9.96. The second-order valence-corrected chi connectivity index (χ2v) is 4.68. The van der Waals surface area contributed by atoms with Gasteiger partial charge in [-0.05, 0) is 25.0 Å².